The van der Waals surface area contributed by atoms with E-state index < -0.39 is 6.16 Å². The number of benzene rings is 1. The van der Waals surface area contributed by atoms with Crippen LogP contribution in [0.25, 0.3) is 0 Å². The standard InChI is InChI=1S/C14H19NO5/c1-3-4-9-18-14(17)20-10-19-13-7-5-12(6-8-13)15-11(2)16/h5-8H,3-4,9-10H2,1-2H3,(H,15,16). The Hall–Kier alpha value is -2.24. The van der Waals surface area contributed by atoms with Crippen molar-refractivity contribution >= 4 is 17.7 Å². The van der Waals surface area contributed by atoms with Gasteiger partial charge >= 0.3 is 6.16 Å². The second kappa shape index (κ2) is 8.79. The molecule has 110 valence electrons. The maximum atomic E-state index is 11.1. The highest BCUT2D eigenvalue weighted by Gasteiger charge is 2.03. The molecule has 0 aliphatic rings. The van der Waals surface area contributed by atoms with Gasteiger partial charge in [-0.25, -0.2) is 4.79 Å². The number of hydrogen-bond acceptors (Lipinski definition) is 5. The van der Waals surface area contributed by atoms with Gasteiger partial charge in [-0.15, -0.1) is 0 Å². The molecule has 0 saturated heterocycles. The highest BCUT2D eigenvalue weighted by atomic mass is 16.8. The van der Waals surface area contributed by atoms with E-state index in [4.69, 9.17) is 14.2 Å². The molecule has 0 atom stereocenters. The third kappa shape index (κ3) is 6.63. The molecular weight excluding hydrogens is 262 g/mol. The lowest BCUT2D eigenvalue weighted by Crippen LogP contribution is -2.12. The molecule has 6 heteroatoms. The summed E-state index contributed by atoms with van der Waals surface area (Å²) >= 11 is 0. The number of amides is 1. The highest BCUT2D eigenvalue weighted by molar-refractivity contribution is 5.88. The molecule has 0 radical (unpaired) electrons. The van der Waals surface area contributed by atoms with Gasteiger partial charge in [0.05, 0.1) is 6.61 Å². The minimum absolute atomic E-state index is 0.142. The van der Waals surface area contributed by atoms with Gasteiger partial charge < -0.3 is 19.5 Å². The molecule has 1 N–H and O–H groups in total. The van der Waals surface area contributed by atoms with Gasteiger partial charge in [0.2, 0.25) is 12.7 Å². The van der Waals surface area contributed by atoms with Crippen LogP contribution in [0.15, 0.2) is 24.3 Å². The Morgan fingerprint density at radius 1 is 1.15 bits per heavy atom. The maximum absolute atomic E-state index is 11.1. The number of carbonyl (C=O) groups excluding carboxylic acids is 2. The normalized spacial score (nSPS) is 9.70. The second-order valence-electron chi connectivity index (χ2n) is 4.06. The van der Waals surface area contributed by atoms with Crippen LogP contribution in [0.3, 0.4) is 0 Å². The first-order valence-electron chi connectivity index (χ1n) is 6.42. The Morgan fingerprint density at radius 3 is 2.45 bits per heavy atom. The summed E-state index contributed by atoms with van der Waals surface area (Å²) < 4.78 is 14.7. The largest absolute Gasteiger partial charge is 0.511 e. The first kappa shape index (κ1) is 15.8. The van der Waals surface area contributed by atoms with Gasteiger partial charge in [-0.3, -0.25) is 4.79 Å². The quantitative estimate of drug-likeness (QED) is 0.472. The fraction of sp³-hybridized carbons (Fsp3) is 0.429. The summed E-state index contributed by atoms with van der Waals surface area (Å²) in [7, 11) is 0. The molecule has 1 amide bonds. The molecule has 1 aromatic rings. The molecule has 0 heterocycles. The van der Waals surface area contributed by atoms with Gasteiger partial charge in [-0.1, -0.05) is 13.3 Å². The predicted molar refractivity (Wildman–Crippen MR) is 73.6 cm³/mol. The van der Waals surface area contributed by atoms with Crippen molar-refractivity contribution in [2.24, 2.45) is 0 Å². The first-order valence-corrected chi connectivity index (χ1v) is 6.42. The van der Waals surface area contributed by atoms with Gasteiger partial charge in [0.1, 0.15) is 5.75 Å². The van der Waals surface area contributed by atoms with Gasteiger partial charge in [-0.2, -0.15) is 0 Å². The average Bonchev–Trinajstić information content (AvgIpc) is 2.40. The van der Waals surface area contributed by atoms with E-state index in [0.717, 1.165) is 12.8 Å². The Bertz CT molecular complexity index is 430. The van der Waals surface area contributed by atoms with Gasteiger partial charge in [0.25, 0.3) is 0 Å². The van der Waals surface area contributed by atoms with E-state index >= 15 is 0 Å². The minimum atomic E-state index is -0.742. The van der Waals surface area contributed by atoms with Crippen LogP contribution in [0.5, 0.6) is 5.75 Å². The highest BCUT2D eigenvalue weighted by Crippen LogP contribution is 2.15. The smallest absolute Gasteiger partial charge is 0.457 e. The zero-order valence-electron chi connectivity index (χ0n) is 11.7. The van der Waals surface area contributed by atoms with Crippen LogP contribution >= 0.6 is 0 Å². The van der Waals surface area contributed by atoms with E-state index in [1.165, 1.54) is 6.92 Å². The van der Waals surface area contributed by atoms with Gasteiger partial charge in [0, 0.05) is 12.6 Å². The molecular formula is C14H19NO5. The molecule has 0 saturated carbocycles. The summed E-state index contributed by atoms with van der Waals surface area (Å²) in [5.41, 5.74) is 0.671. The van der Waals surface area contributed by atoms with E-state index in [0.29, 0.717) is 18.0 Å². The summed E-state index contributed by atoms with van der Waals surface area (Å²) in [6.45, 7) is 3.57. The summed E-state index contributed by atoms with van der Waals surface area (Å²) in [4.78, 5) is 22.0. The molecule has 1 rings (SSSR count). The fourth-order valence-corrected chi connectivity index (χ4v) is 1.32. The number of ether oxygens (including phenoxy) is 3. The molecule has 0 spiro atoms. The van der Waals surface area contributed by atoms with E-state index in [9.17, 15) is 9.59 Å². The predicted octanol–water partition coefficient (Wildman–Crippen LogP) is 2.93. The van der Waals surface area contributed by atoms with Crippen LogP contribution in [-0.4, -0.2) is 25.5 Å². The molecule has 0 aliphatic heterocycles. The van der Waals surface area contributed by atoms with Gasteiger partial charge in [0.15, 0.2) is 0 Å². The first-order chi connectivity index (χ1) is 9.61. The summed E-state index contributed by atoms with van der Waals surface area (Å²) in [6, 6.07) is 6.71. The van der Waals surface area contributed by atoms with E-state index in [1.54, 1.807) is 24.3 Å². The van der Waals surface area contributed by atoms with Crippen molar-refractivity contribution in [1.29, 1.82) is 0 Å². The SMILES string of the molecule is CCCCOC(=O)OCOc1ccc(NC(C)=O)cc1. The van der Waals surface area contributed by atoms with E-state index in [-0.39, 0.29) is 12.7 Å². The summed E-state index contributed by atoms with van der Waals surface area (Å²) in [5.74, 6) is 0.386. The Balaban J connectivity index is 2.24. The molecule has 0 aliphatic carbocycles. The van der Waals surface area contributed by atoms with Gasteiger partial charge in [-0.05, 0) is 30.7 Å². The zero-order chi connectivity index (χ0) is 14.8. The van der Waals surface area contributed by atoms with Crippen LogP contribution in [0.4, 0.5) is 10.5 Å². The lowest BCUT2D eigenvalue weighted by molar-refractivity contribution is -0.114. The molecule has 0 bridgehead atoms. The molecule has 20 heavy (non-hydrogen) atoms. The third-order valence-electron chi connectivity index (χ3n) is 2.29. The molecule has 6 nitrogen and oxygen atoms in total. The molecule has 0 aromatic heterocycles. The summed E-state index contributed by atoms with van der Waals surface area (Å²) in [5, 5.41) is 2.64. The van der Waals surface area contributed by atoms with Crippen molar-refractivity contribution in [3.63, 3.8) is 0 Å². The van der Waals surface area contributed by atoms with Crippen molar-refractivity contribution < 1.29 is 23.8 Å². The van der Waals surface area contributed by atoms with Crippen molar-refractivity contribution in [2.45, 2.75) is 26.7 Å². The number of carbonyl (C=O) groups is 2. The minimum Gasteiger partial charge on any atom is -0.457 e. The number of unbranched alkanes of at least 4 members (excludes halogenated alkanes) is 1. The third-order valence-corrected chi connectivity index (χ3v) is 2.29. The van der Waals surface area contributed by atoms with Crippen LogP contribution < -0.4 is 10.1 Å². The Morgan fingerprint density at radius 2 is 1.85 bits per heavy atom. The lowest BCUT2D eigenvalue weighted by Gasteiger charge is -2.08. The van der Waals surface area contributed by atoms with Crippen molar-refractivity contribution in [2.75, 3.05) is 18.7 Å². The fourth-order valence-electron chi connectivity index (χ4n) is 1.32. The number of hydrogen-bond donors (Lipinski definition) is 1. The molecule has 1 aromatic carbocycles. The number of rotatable bonds is 7. The van der Waals surface area contributed by atoms with Crippen molar-refractivity contribution in [3.05, 3.63) is 24.3 Å². The molecule has 0 unspecified atom stereocenters. The summed E-state index contributed by atoms with van der Waals surface area (Å²) in [6.07, 6.45) is 1.01. The average molecular weight is 281 g/mol. The van der Waals surface area contributed by atoms with Crippen molar-refractivity contribution in [3.8, 4) is 5.75 Å². The number of nitrogens with one attached hydrogen (secondary N) is 1. The van der Waals surface area contributed by atoms with Crippen LogP contribution in [0.1, 0.15) is 26.7 Å². The van der Waals surface area contributed by atoms with Crippen LogP contribution in [0, 0.1) is 0 Å². The second-order valence-corrected chi connectivity index (χ2v) is 4.06. The Kier molecular flexibility index (Phi) is 6.95. The van der Waals surface area contributed by atoms with Crippen LogP contribution in [0.2, 0.25) is 0 Å². The lowest BCUT2D eigenvalue weighted by atomic mass is 10.3. The Labute approximate surface area is 118 Å². The zero-order valence-corrected chi connectivity index (χ0v) is 11.7. The monoisotopic (exact) mass is 281 g/mol. The topological polar surface area (TPSA) is 73.9 Å². The van der Waals surface area contributed by atoms with E-state index in [1.807, 2.05) is 6.92 Å². The molecule has 0 fully saturated rings. The van der Waals surface area contributed by atoms with Crippen molar-refractivity contribution in [1.82, 2.24) is 0 Å². The van der Waals surface area contributed by atoms with Crippen LogP contribution in [-0.2, 0) is 14.3 Å². The van der Waals surface area contributed by atoms with E-state index in [2.05, 4.69) is 5.32 Å². The maximum Gasteiger partial charge on any atom is 0.511 e. The number of anilines is 1.